The maximum absolute atomic E-state index is 13.5. The zero-order chi connectivity index (χ0) is 15.2. The third kappa shape index (κ3) is 4.12. The van der Waals surface area contributed by atoms with Gasteiger partial charge in [0.15, 0.2) is 11.7 Å². The van der Waals surface area contributed by atoms with Gasteiger partial charge in [-0.1, -0.05) is 5.16 Å². The molecule has 4 N–H and O–H groups in total. The first-order chi connectivity index (χ1) is 10.1. The molecule has 1 aliphatic heterocycles. The first-order valence-corrected chi connectivity index (χ1v) is 6.69. The summed E-state index contributed by atoms with van der Waals surface area (Å²) in [6.07, 6.45) is 3.88. The lowest BCUT2D eigenvalue weighted by Crippen LogP contribution is -2.46. The second kappa shape index (κ2) is 6.98. The molecule has 7 nitrogen and oxygen atoms in total. The van der Waals surface area contributed by atoms with Crippen LogP contribution in [-0.2, 0) is 0 Å². The molecule has 1 fully saturated rings. The van der Waals surface area contributed by atoms with Crippen molar-refractivity contribution in [2.45, 2.75) is 18.9 Å². The van der Waals surface area contributed by atoms with Gasteiger partial charge in [-0.25, -0.2) is 4.39 Å². The van der Waals surface area contributed by atoms with Crippen molar-refractivity contribution in [1.82, 2.24) is 15.2 Å². The first-order valence-electron chi connectivity index (χ1n) is 6.69. The monoisotopic (exact) mass is 295 g/mol. The fourth-order valence-electron chi connectivity index (χ4n) is 2.32. The smallest absolute Gasteiger partial charge is 0.254 e. The molecular weight excluding hydrogens is 277 g/mol. The van der Waals surface area contributed by atoms with E-state index in [0.717, 1.165) is 32.1 Å². The van der Waals surface area contributed by atoms with Crippen LogP contribution in [0.1, 0.15) is 23.2 Å². The zero-order valence-corrected chi connectivity index (χ0v) is 11.5. The average molecular weight is 295 g/mol. The lowest BCUT2D eigenvalue weighted by atomic mass is 10.0. The van der Waals surface area contributed by atoms with Gasteiger partial charge in [0.25, 0.3) is 5.91 Å². The number of nitrogens with two attached hydrogens (primary N) is 1. The highest BCUT2D eigenvalue weighted by Gasteiger charge is 2.22. The van der Waals surface area contributed by atoms with Crippen molar-refractivity contribution in [1.29, 1.82) is 0 Å². The number of likely N-dealkylation sites (tertiary alicyclic amines) is 1. The Morgan fingerprint density at radius 3 is 2.90 bits per heavy atom. The van der Waals surface area contributed by atoms with Crippen LogP contribution >= 0.6 is 0 Å². The second-order valence-corrected chi connectivity index (χ2v) is 4.97. The van der Waals surface area contributed by atoms with E-state index in [1.807, 2.05) is 4.90 Å². The molecule has 0 bridgehead atoms. The van der Waals surface area contributed by atoms with Gasteiger partial charge >= 0.3 is 0 Å². The maximum Gasteiger partial charge on any atom is 0.254 e. The summed E-state index contributed by atoms with van der Waals surface area (Å²) in [6, 6.07) is 1.35. The number of carbonyl (C=O) groups excluding carboxylic acids is 1. The number of hydrogen-bond acceptors (Lipinski definition) is 5. The van der Waals surface area contributed by atoms with Crippen molar-refractivity contribution in [2.75, 3.05) is 19.6 Å². The van der Waals surface area contributed by atoms with Crippen molar-refractivity contribution in [3.8, 4) is 0 Å². The lowest BCUT2D eigenvalue weighted by Gasteiger charge is -2.31. The molecule has 2 heterocycles. The van der Waals surface area contributed by atoms with Crippen molar-refractivity contribution < 1.29 is 14.4 Å². The van der Waals surface area contributed by atoms with E-state index < -0.39 is 11.7 Å². The third-order valence-electron chi connectivity index (χ3n) is 3.45. The number of amidine groups is 1. The molecule has 0 spiro atoms. The molecule has 0 saturated carbocycles. The van der Waals surface area contributed by atoms with Crippen LogP contribution in [0.15, 0.2) is 23.6 Å². The van der Waals surface area contributed by atoms with Gasteiger partial charge in [-0.05, 0) is 18.9 Å². The minimum atomic E-state index is -0.626. The number of rotatable bonds is 4. The van der Waals surface area contributed by atoms with Crippen LogP contribution in [0.25, 0.3) is 0 Å². The van der Waals surface area contributed by atoms with E-state index in [4.69, 9.17) is 10.9 Å². The van der Waals surface area contributed by atoms with Gasteiger partial charge < -0.3 is 16.3 Å². The van der Waals surface area contributed by atoms with E-state index >= 15 is 0 Å². The predicted molar refractivity (Wildman–Crippen MR) is 74.5 cm³/mol. The second-order valence-electron chi connectivity index (χ2n) is 4.97. The van der Waals surface area contributed by atoms with E-state index in [0.29, 0.717) is 6.54 Å². The molecule has 1 aliphatic rings. The number of carbonyl (C=O) groups is 1. The summed E-state index contributed by atoms with van der Waals surface area (Å²) in [6.45, 7) is 1.84. The van der Waals surface area contributed by atoms with E-state index in [-0.39, 0.29) is 17.4 Å². The van der Waals surface area contributed by atoms with Crippen LogP contribution < -0.4 is 11.1 Å². The SMILES string of the molecule is NC(CN1CCC(NC(=O)c2ccncc2F)CC1)=NO. The van der Waals surface area contributed by atoms with Crippen molar-refractivity contribution >= 4 is 11.7 Å². The summed E-state index contributed by atoms with van der Waals surface area (Å²) in [7, 11) is 0. The fourth-order valence-corrected chi connectivity index (χ4v) is 2.32. The third-order valence-corrected chi connectivity index (χ3v) is 3.45. The minimum absolute atomic E-state index is 0.00379. The molecule has 1 aromatic heterocycles. The number of oxime groups is 1. The highest BCUT2D eigenvalue weighted by atomic mass is 19.1. The largest absolute Gasteiger partial charge is 0.409 e. The Morgan fingerprint density at radius 1 is 1.57 bits per heavy atom. The minimum Gasteiger partial charge on any atom is -0.409 e. The van der Waals surface area contributed by atoms with Crippen LogP contribution in [0.3, 0.4) is 0 Å². The van der Waals surface area contributed by atoms with E-state index in [9.17, 15) is 9.18 Å². The van der Waals surface area contributed by atoms with E-state index in [1.165, 1.54) is 12.3 Å². The summed E-state index contributed by atoms with van der Waals surface area (Å²) in [4.78, 5) is 17.6. The van der Waals surface area contributed by atoms with E-state index in [2.05, 4.69) is 15.5 Å². The highest BCUT2D eigenvalue weighted by molar-refractivity contribution is 5.94. The van der Waals surface area contributed by atoms with Gasteiger partial charge in [0.2, 0.25) is 0 Å². The van der Waals surface area contributed by atoms with Gasteiger partial charge in [-0.15, -0.1) is 0 Å². The molecule has 2 rings (SSSR count). The molecule has 0 atom stereocenters. The number of aromatic nitrogens is 1. The Balaban J connectivity index is 1.84. The fraction of sp³-hybridized carbons (Fsp3) is 0.462. The molecule has 0 aliphatic carbocycles. The summed E-state index contributed by atoms with van der Waals surface area (Å²) in [5.74, 6) is -0.888. The maximum atomic E-state index is 13.5. The number of nitrogens with zero attached hydrogens (tertiary/aromatic N) is 3. The number of piperidine rings is 1. The Labute approximate surface area is 121 Å². The normalized spacial score (nSPS) is 17.7. The number of nitrogens with one attached hydrogen (secondary N) is 1. The molecule has 0 unspecified atom stereocenters. The highest BCUT2D eigenvalue weighted by Crippen LogP contribution is 2.12. The Bertz CT molecular complexity index is 529. The van der Waals surface area contributed by atoms with Crippen molar-refractivity contribution in [2.24, 2.45) is 10.9 Å². The number of pyridine rings is 1. The molecule has 114 valence electrons. The van der Waals surface area contributed by atoms with Crippen LogP contribution in [0.2, 0.25) is 0 Å². The topological polar surface area (TPSA) is 104 Å². The van der Waals surface area contributed by atoms with Gasteiger partial charge in [0.1, 0.15) is 0 Å². The van der Waals surface area contributed by atoms with Crippen molar-refractivity contribution in [3.05, 3.63) is 29.8 Å². The molecular formula is C13H18FN5O2. The first kappa shape index (κ1) is 15.2. The Morgan fingerprint density at radius 2 is 2.29 bits per heavy atom. The summed E-state index contributed by atoms with van der Waals surface area (Å²) in [5.41, 5.74) is 5.46. The predicted octanol–water partition coefficient (Wildman–Crippen LogP) is 0.161. The summed E-state index contributed by atoms with van der Waals surface area (Å²) >= 11 is 0. The van der Waals surface area contributed by atoms with Crippen LogP contribution in [0, 0.1) is 5.82 Å². The standard InChI is InChI=1S/C13H18FN5O2/c14-11-7-16-4-1-10(11)13(20)17-9-2-5-19(6-3-9)8-12(15)18-21/h1,4,7,9,21H,2-3,5-6,8H2,(H2,15,18)(H,17,20). The molecule has 21 heavy (non-hydrogen) atoms. The summed E-state index contributed by atoms with van der Waals surface area (Å²) in [5, 5.41) is 14.3. The zero-order valence-electron chi connectivity index (χ0n) is 11.5. The van der Waals surface area contributed by atoms with Crippen LogP contribution in [-0.4, -0.2) is 52.5 Å². The number of hydrogen-bond donors (Lipinski definition) is 3. The molecule has 1 aromatic rings. The van der Waals surface area contributed by atoms with Crippen molar-refractivity contribution in [3.63, 3.8) is 0 Å². The Kier molecular flexibility index (Phi) is 5.04. The lowest BCUT2D eigenvalue weighted by molar-refractivity contribution is 0.0910. The molecule has 8 heteroatoms. The van der Waals surface area contributed by atoms with Gasteiger partial charge in [0.05, 0.1) is 18.3 Å². The van der Waals surface area contributed by atoms with Crippen LogP contribution in [0.4, 0.5) is 4.39 Å². The van der Waals surface area contributed by atoms with Gasteiger partial charge in [-0.2, -0.15) is 0 Å². The van der Waals surface area contributed by atoms with E-state index in [1.54, 1.807) is 0 Å². The van der Waals surface area contributed by atoms with Gasteiger partial charge in [-0.3, -0.25) is 14.7 Å². The number of amides is 1. The number of halogens is 1. The molecule has 0 aromatic carbocycles. The molecule has 1 saturated heterocycles. The molecule has 0 radical (unpaired) electrons. The van der Waals surface area contributed by atoms with Crippen LogP contribution in [0.5, 0.6) is 0 Å². The molecule has 1 amide bonds. The quantitative estimate of drug-likeness (QED) is 0.318. The summed E-state index contributed by atoms with van der Waals surface area (Å²) < 4.78 is 13.5. The Hall–Kier alpha value is -2.22. The van der Waals surface area contributed by atoms with Gasteiger partial charge in [0, 0.05) is 25.3 Å². The average Bonchev–Trinajstić information content (AvgIpc) is 2.49.